The lowest BCUT2D eigenvalue weighted by molar-refractivity contribution is -0.132. The number of carbonyl (C=O) groups is 3. The van der Waals surface area contributed by atoms with Crippen molar-refractivity contribution < 1.29 is 23.9 Å². The quantitative estimate of drug-likeness (QED) is 0.420. The highest BCUT2D eigenvalue weighted by molar-refractivity contribution is 6.31. The third-order valence-electron chi connectivity index (χ3n) is 5.41. The lowest BCUT2D eigenvalue weighted by Crippen LogP contribution is -2.58. The van der Waals surface area contributed by atoms with Crippen molar-refractivity contribution in [2.24, 2.45) is 0 Å². The largest absolute Gasteiger partial charge is 0.493 e. The van der Waals surface area contributed by atoms with Gasteiger partial charge in [0.1, 0.15) is 5.57 Å². The van der Waals surface area contributed by atoms with E-state index in [1.807, 2.05) is 13.0 Å². The van der Waals surface area contributed by atoms with Gasteiger partial charge in [0.2, 0.25) is 0 Å². The molecule has 1 saturated heterocycles. The average molecular weight is 412 g/mol. The molecule has 0 atom stereocenters. The molecule has 4 amide bonds. The SMILES string of the molecule is C=CCc1cc(/C=C2\C(=O)NC(=O)N(C3CCCCC3)C2=O)cc(OCC)c1OC. The van der Waals surface area contributed by atoms with Gasteiger partial charge >= 0.3 is 6.03 Å². The van der Waals surface area contributed by atoms with Gasteiger partial charge in [0.15, 0.2) is 11.5 Å². The molecule has 1 saturated carbocycles. The maximum atomic E-state index is 13.1. The molecule has 1 heterocycles. The zero-order valence-corrected chi connectivity index (χ0v) is 17.5. The maximum absolute atomic E-state index is 13.1. The van der Waals surface area contributed by atoms with Gasteiger partial charge in [-0.3, -0.25) is 19.8 Å². The van der Waals surface area contributed by atoms with Crippen LogP contribution in [0.5, 0.6) is 11.5 Å². The molecule has 1 aliphatic carbocycles. The van der Waals surface area contributed by atoms with E-state index in [0.717, 1.165) is 37.7 Å². The van der Waals surface area contributed by atoms with Crippen molar-refractivity contribution in [3.8, 4) is 11.5 Å². The van der Waals surface area contributed by atoms with E-state index in [4.69, 9.17) is 9.47 Å². The van der Waals surface area contributed by atoms with Gasteiger partial charge in [0, 0.05) is 11.6 Å². The molecule has 0 unspecified atom stereocenters. The number of allylic oxidation sites excluding steroid dienone is 1. The van der Waals surface area contributed by atoms with E-state index < -0.39 is 17.8 Å². The van der Waals surface area contributed by atoms with Crippen LogP contribution >= 0.6 is 0 Å². The molecule has 7 nitrogen and oxygen atoms in total. The fourth-order valence-corrected chi connectivity index (χ4v) is 4.08. The van der Waals surface area contributed by atoms with Crippen molar-refractivity contribution in [1.29, 1.82) is 0 Å². The number of urea groups is 1. The number of nitrogens with zero attached hydrogens (tertiary/aromatic N) is 1. The molecule has 1 N–H and O–H groups in total. The molecule has 0 bridgehead atoms. The van der Waals surface area contributed by atoms with Crippen LogP contribution < -0.4 is 14.8 Å². The number of imide groups is 2. The molecule has 1 aromatic carbocycles. The Morgan fingerprint density at radius 3 is 2.57 bits per heavy atom. The van der Waals surface area contributed by atoms with Gasteiger partial charge in [0.05, 0.1) is 13.7 Å². The van der Waals surface area contributed by atoms with Gasteiger partial charge in [-0.05, 0) is 50.0 Å². The molecule has 2 fully saturated rings. The van der Waals surface area contributed by atoms with Crippen molar-refractivity contribution in [2.75, 3.05) is 13.7 Å². The summed E-state index contributed by atoms with van der Waals surface area (Å²) in [4.78, 5) is 39.2. The first-order chi connectivity index (χ1) is 14.5. The molecule has 1 aromatic rings. The van der Waals surface area contributed by atoms with Gasteiger partial charge < -0.3 is 9.47 Å². The number of amides is 4. The Hall–Kier alpha value is -3.09. The second-order valence-corrected chi connectivity index (χ2v) is 7.42. The molecule has 0 radical (unpaired) electrons. The molecule has 1 aliphatic heterocycles. The number of carbonyl (C=O) groups excluding carboxylic acids is 3. The molecule has 0 spiro atoms. The lowest BCUT2D eigenvalue weighted by Gasteiger charge is -2.35. The van der Waals surface area contributed by atoms with E-state index in [1.54, 1.807) is 19.3 Å². The van der Waals surface area contributed by atoms with Crippen molar-refractivity contribution in [3.05, 3.63) is 41.5 Å². The summed E-state index contributed by atoms with van der Waals surface area (Å²) in [5.74, 6) is -0.113. The minimum absolute atomic E-state index is 0.0580. The highest BCUT2D eigenvalue weighted by Gasteiger charge is 2.40. The van der Waals surface area contributed by atoms with Crippen LogP contribution in [0.3, 0.4) is 0 Å². The molecule has 30 heavy (non-hydrogen) atoms. The van der Waals surface area contributed by atoms with Crippen molar-refractivity contribution >= 4 is 23.9 Å². The minimum Gasteiger partial charge on any atom is -0.493 e. The first-order valence-electron chi connectivity index (χ1n) is 10.3. The molecule has 7 heteroatoms. The summed E-state index contributed by atoms with van der Waals surface area (Å²) in [6, 6.07) is 2.75. The predicted octanol–water partition coefficient (Wildman–Crippen LogP) is 3.62. The number of barbiturate groups is 1. The number of rotatable bonds is 7. The normalized spacial score (nSPS) is 19.1. The number of ether oxygens (including phenoxy) is 2. The minimum atomic E-state index is -0.684. The summed E-state index contributed by atoms with van der Waals surface area (Å²) in [6.45, 7) is 6.07. The first-order valence-corrected chi connectivity index (χ1v) is 10.3. The number of hydrogen-bond acceptors (Lipinski definition) is 5. The van der Waals surface area contributed by atoms with Crippen molar-refractivity contribution in [1.82, 2.24) is 10.2 Å². The Balaban J connectivity index is 2.01. The Bertz CT molecular complexity index is 884. The fraction of sp³-hybridized carbons (Fsp3) is 0.435. The molecular weight excluding hydrogens is 384 g/mol. The Labute approximate surface area is 176 Å². The third kappa shape index (κ3) is 4.40. The van der Waals surface area contributed by atoms with Gasteiger partial charge in [-0.1, -0.05) is 25.3 Å². The number of methoxy groups -OCH3 is 1. The van der Waals surface area contributed by atoms with E-state index >= 15 is 0 Å². The predicted molar refractivity (Wildman–Crippen MR) is 113 cm³/mol. The van der Waals surface area contributed by atoms with E-state index in [-0.39, 0.29) is 11.6 Å². The van der Waals surface area contributed by atoms with Crippen LogP contribution in [-0.4, -0.2) is 42.5 Å². The average Bonchev–Trinajstić information content (AvgIpc) is 2.72. The molecule has 3 rings (SSSR count). The van der Waals surface area contributed by atoms with Crippen LogP contribution in [0.25, 0.3) is 6.08 Å². The van der Waals surface area contributed by atoms with E-state index in [9.17, 15) is 14.4 Å². The van der Waals surface area contributed by atoms with E-state index in [1.165, 1.54) is 11.0 Å². The van der Waals surface area contributed by atoms with Gasteiger partial charge in [-0.15, -0.1) is 6.58 Å². The maximum Gasteiger partial charge on any atom is 0.331 e. The monoisotopic (exact) mass is 412 g/mol. The Morgan fingerprint density at radius 1 is 1.20 bits per heavy atom. The fourth-order valence-electron chi connectivity index (χ4n) is 4.08. The molecule has 160 valence electrons. The number of nitrogens with one attached hydrogen (secondary N) is 1. The summed E-state index contributed by atoms with van der Waals surface area (Å²) in [5, 5.41) is 2.32. The topological polar surface area (TPSA) is 84.9 Å². The Morgan fingerprint density at radius 2 is 1.93 bits per heavy atom. The van der Waals surface area contributed by atoms with Crippen LogP contribution in [0.2, 0.25) is 0 Å². The zero-order chi connectivity index (χ0) is 21.7. The second-order valence-electron chi connectivity index (χ2n) is 7.42. The van der Waals surface area contributed by atoms with Crippen LogP contribution in [-0.2, 0) is 16.0 Å². The van der Waals surface area contributed by atoms with Gasteiger partial charge in [0.25, 0.3) is 11.8 Å². The van der Waals surface area contributed by atoms with E-state index in [0.29, 0.717) is 30.1 Å². The van der Waals surface area contributed by atoms with Crippen LogP contribution in [0.1, 0.15) is 50.2 Å². The zero-order valence-electron chi connectivity index (χ0n) is 17.5. The third-order valence-corrected chi connectivity index (χ3v) is 5.41. The first kappa shape index (κ1) is 21.6. The summed E-state index contributed by atoms with van der Waals surface area (Å²) in [7, 11) is 1.56. The molecular formula is C23H28N2O5. The van der Waals surface area contributed by atoms with E-state index in [2.05, 4.69) is 11.9 Å². The number of benzene rings is 1. The summed E-state index contributed by atoms with van der Waals surface area (Å²) in [5.41, 5.74) is 1.39. The number of hydrogen-bond donors (Lipinski definition) is 1. The lowest BCUT2D eigenvalue weighted by atomic mass is 9.93. The smallest absolute Gasteiger partial charge is 0.331 e. The van der Waals surface area contributed by atoms with Gasteiger partial charge in [-0.2, -0.15) is 0 Å². The van der Waals surface area contributed by atoms with Crippen LogP contribution in [0.4, 0.5) is 4.79 Å². The van der Waals surface area contributed by atoms with Gasteiger partial charge in [-0.25, -0.2) is 4.79 Å². The highest BCUT2D eigenvalue weighted by Crippen LogP contribution is 2.35. The summed E-state index contributed by atoms with van der Waals surface area (Å²) in [6.07, 6.45) is 8.35. The standard InChI is InChI=1S/C23H28N2O5/c1-4-9-16-12-15(14-19(30-5-2)20(16)29-3)13-18-21(26)24-23(28)25(22(18)27)17-10-7-6-8-11-17/h4,12-14,17H,1,5-11H2,2-3H3,(H,24,26,28)/b18-13+. The highest BCUT2D eigenvalue weighted by atomic mass is 16.5. The second kappa shape index (κ2) is 9.61. The molecule has 0 aromatic heterocycles. The van der Waals surface area contributed by atoms with Crippen molar-refractivity contribution in [2.45, 2.75) is 51.5 Å². The van der Waals surface area contributed by atoms with Crippen LogP contribution in [0, 0.1) is 0 Å². The van der Waals surface area contributed by atoms with Crippen molar-refractivity contribution in [3.63, 3.8) is 0 Å². The Kier molecular flexibility index (Phi) is 6.92. The van der Waals surface area contributed by atoms with Crippen LogP contribution in [0.15, 0.2) is 30.4 Å². The summed E-state index contributed by atoms with van der Waals surface area (Å²) >= 11 is 0. The molecule has 2 aliphatic rings. The summed E-state index contributed by atoms with van der Waals surface area (Å²) < 4.78 is 11.2.